The molecular formula is C18H16ClF3N2O5S. The Kier molecular flexibility index (Phi) is 7.11. The van der Waals surface area contributed by atoms with Gasteiger partial charge < -0.3 is 15.2 Å². The fourth-order valence-electron chi connectivity index (χ4n) is 2.13. The first-order valence-corrected chi connectivity index (χ1v) is 9.46. The first-order chi connectivity index (χ1) is 13.8. The first kappa shape index (κ1) is 23.6. The number of aliphatic carboxylic acids is 1. The number of hydrogen-bond acceptors (Lipinski definition) is 6. The van der Waals surface area contributed by atoms with Crippen molar-refractivity contribution < 1.29 is 37.4 Å². The van der Waals surface area contributed by atoms with Crippen LogP contribution in [0.2, 0.25) is 4.34 Å². The number of carboxylic acids is 1. The molecule has 2 rings (SSSR count). The molecule has 0 radical (unpaired) electrons. The number of thiophene rings is 1. The number of anilines is 1. The van der Waals surface area contributed by atoms with Crippen LogP contribution in [0.1, 0.15) is 29.8 Å². The lowest BCUT2D eigenvalue weighted by atomic mass is 10.1. The molecule has 0 aliphatic carbocycles. The summed E-state index contributed by atoms with van der Waals surface area (Å²) < 4.78 is 40.7. The highest BCUT2D eigenvalue weighted by Crippen LogP contribution is 2.33. The van der Waals surface area contributed by atoms with E-state index in [1.54, 1.807) is 0 Å². The van der Waals surface area contributed by atoms with Gasteiger partial charge in [-0.1, -0.05) is 11.6 Å². The van der Waals surface area contributed by atoms with Crippen molar-refractivity contribution in [2.75, 3.05) is 11.9 Å². The summed E-state index contributed by atoms with van der Waals surface area (Å²) in [5.74, 6) is -2.82. The molecule has 2 aromatic rings. The third-order valence-electron chi connectivity index (χ3n) is 3.78. The summed E-state index contributed by atoms with van der Waals surface area (Å²) >= 11 is 6.86. The Morgan fingerprint density at radius 1 is 1.17 bits per heavy atom. The lowest BCUT2D eigenvalue weighted by molar-refractivity contribution is -0.274. The van der Waals surface area contributed by atoms with Gasteiger partial charge >= 0.3 is 12.3 Å². The number of ether oxygens (including phenoxy) is 1. The Hall–Kier alpha value is -2.63. The molecule has 0 aliphatic heterocycles. The molecular weight excluding hydrogens is 449 g/mol. The molecule has 30 heavy (non-hydrogen) atoms. The van der Waals surface area contributed by atoms with Gasteiger partial charge in [0.05, 0.1) is 16.4 Å². The molecule has 0 saturated heterocycles. The van der Waals surface area contributed by atoms with Crippen molar-refractivity contribution in [2.45, 2.75) is 25.7 Å². The molecule has 1 heterocycles. The highest BCUT2D eigenvalue weighted by atomic mass is 35.5. The molecule has 0 bridgehead atoms. The molecule has 0 aliphatic rings. The molecule has 1 aromatic heterocycles. The van der Waals surface area contributed by atoms with Crippen molar-refractivity contribution in [3.63, 3.8) is 0 Å². The number of nitrogens with one attached hydrogen (secondary N) is 2. The Morgan fingerprint density at radius 2 is 1.77 bits per heavy atom. The van der Waals surface area contributed by atoms with Gasteiger partial charge in [-0.2, -0.15) is 0 Å². The van der Waals surface area contributed by atoms with Crippen molar-refractivity contribution in [2.24, 2.45) is 0 Å². The van der Waals surface area contributed by atoms with E-state index >= 15 is 0 Å². The minimum atomic E-state index is -4.85. The molecule has 7 nitrogen and oxygen atoms in total. The average molecular weight is 465 g/mol. The van der Waals surface area contributed by atoms with E-state index in [4.69, 9.17) is 16.7 Å². The van der Waals surface area contributed by atoms with Crippen LogP contribution in [-0.4, -0.2) is 41.2 Å². The van der Waals surface area contributed by atoms with Gasteiger partial charge in [-0.3, -0.25) is 19.7 Å². The molecule has 162 valence electrons. The predicted octanol–water partition coefficient (Wildman–Crippen LogP) is 3.92. The summed E-state index contributed by atoms with van der Waals surface area (Å²) in [6, 6.07) is 5.60. The summed E-state index contributed by atoms with van der Waals surface area (Å²) in [7, 11) is 0. The molecule has 0 unspecified atom stereocenters. The average Bonchev–Trinajstić information content (AvgIpc) is 2.99. The predicted molar refractivity (Wildman–Crippen MR) is 104 cm³/mol. The number of rotatable bonds is 8. The van der Waals surface area contributed by atoms with Crippen LogP contribution < -0.4 is 15.4 Å². The zero-order valence-corrected chi connectivity index (χ0v) is 17.2. The smallest absolute Gasteiger partial charge is 0.480 e. The monoisotopic (exact) mass is 464 g/mol. The van der Waals surface area contributed by atoms with Crippen LogP contribution >= 0.6 is 22.9 Å². The molecule has 1 amide bonds. The number of alkyl halides is 3. The summed E-state index contributed by atoms with van der Waals surface area (Å²) in [6.45, 7) is 2.42. The number of carbonyl (C=O) groups excluding carboxylic acids is 2. The van der Waals surface area contributed by atoms with E-state index in [-0.39, 0.29) is 27.0 Å². The van der Waals surface area contributed by atoms with E-state index in [1.165, 1.54) is 19.9 Å². The lowest BCUT2D eigenvalue weighted by Crippen LogP contribution is -2.49. The second-order valence-electron chi connectivity index (χ2n) is 6.53. The van der Waals surface area contributed by atoms with Crippen molar-refractivity contribution in [3.05, 3.63) is 45.8 Å². The summed E-state index contributed by atoms with van der Waals surface area (Å²) in [5.41, 5.74) is -1.25. The highest BCUT2D eigenvalue weighted by Gasteiger charge is 2.31. The number of amides is 1. The molecule has 0 saturated carbocycles. The number of halogens is 4. The van der Waals surface area contributed by atoms with Crippen LogP contribution in [0, 0.1) is 0 Å². The minimum Gasteiger partial charge on any atom is -0.480 e. The summed E-state index contributed by atoms with van der Waals surface area (Å²) in [5, 5.41) is 14.2. The van der Waals surface area contributed by atoms with Gasteiger partial charge in [0, 0.05) is 5.56 Å². The molecule has 0 spiro atoms. The van der Waals surface area contributed by atoms with Gasteiger partial charge in [0.2, 0.25) is 5.91 Å². The largest absolute Gasteiger partial charge is 0.573 e. The zero-order valence-electron chi connectivity index (χ0n) is 15.6. The highest BCUT2D eigenvalue weighted by molar-refractivity contribution is 7.20. The number of benzene rings is 1. The van der Waals surface area contributed by atoms with Crippen LogP contribution in [0.5, 0.6) is 5.75 Å². The summed E-state index contributed by atoms with van der Waals surface area (Å²) in [6.07, 6.45) is -4.85. The van der Waals surface area contributed by atoms with Crippen LogP contribution in [-0.2, 0) is 9.59 Å². The SMILES string of the molecule is CC(C)(NCC(=O)Nc1sc(Cl)cc1C(=O)c1ccc(OC(F)(F)F)cc1)C(=O)O. The molecule has 1 aromatic carbocycles. The van der Waals surface area contributed by atoms with E-state index in [1.807, 2.05) is 0 Å². The third kappa shape index (κ3) is 6.44. The standard InChI is InChI=1S/C18H16ClF3N2O5S/c1-17(2,16(27)28)23-8-13(25)24-15-11(7-12(19)30-15)14(26)9-3-5-10(6-4-9)29-18(20,21)22/h3-7,23H,8H2,1-2H3,(H,24,25)(H,27,28). The first-order valence-electron chi connectivity index (χ1n) is 8.26. The van der Waals surface area contributed by atoms with Crippen LogP contribution in [0.15, 0.2) is 30.3 Å². The second kappa shape index (κ2) is 9.02. The normalized spacial score (nSPS) is 11.8. The van der Waals surface area contributed by atoms with E-state index < -0.39 is 35.3 Å². The number of carboxylic acid groups (broad SMARTS) is 1. The molecule has 0 fully saturated rings. The van der Waals surface area contributed by atoms with Gasteiger partial charge in [-0.15, -0.1) is 24.5 Å². The van der Waals surface area contributed by atoms with E-state index in [2.05, 4.69) is 15.4 Å². The Balaban J connectivity index is 2.13. The fourth-order valence-corrected chi connectivity index (χ4v) is 3.27. The fraction of sp³-hybridized carbons (Fsp3) is 0.278. The number of ketones is 1. The topological polar surface area (TPSA) is 105 Å². The van der Waals surface area contributed by atoms with Crippen molar-refractivity contribution >= 4 is 45.6 Å². The maximum absolute atomic E-state index is 12.7. The van der Waals surface area contributed by atoms with Crippen molar-refractivity contribution in [1.82, 2.24) is 5.32 Å². The van der Waals surface area contributed by atoms with E-state index in [9.17, 15) is 27.6 Å². The quantitative estimate of drug-likeness (QED) is 0.511. The van der Waals surface area contributed by atoms with Crippen molar-refractivity contribution in [3.8, 4) is 5.75 Å². The number of carbonyl (C=O) groups is 3. The Labute approximate surface area is 177 Å². The van der Waals surface area contributed by atoms with Crippen LogP contribution in [0.25, 0.3) is 0 Å². The summed E-state index contributed by atoms with van der Waals surface area (Å²) in [4.78, 5) is 35.9. The molecule has 3 N–H and O–H groups in total. The van der Waals surface area contributed by atoms with E-state index in [0.29, 0.717) is 0 Å². The number of hydrogen-bond donors (Lipinski definition) is 3. The Morgan fingerprint density at radius 3 is 2.30 bits per heavy atom. The Bertz CT molecular complexity index is 958. The minimum absolute atomic E-state index is 0.0420. The van der Waals surface area contributed by atoms with Gasteiger partial charge in [-0.25, -0.2) is 0 Å². The third-order valence-corrected chi connectivity index (χ3v) is 4.95. The molecule has 12 heteroatoms. The van der Waals surface area contributed by atoms with Crippen LogP contribution in [0.4, 0.5) is 18.2 Å². The maximum atomic E-state index is 12.7. The van der Waals surface area contributed by atoms with E-state index in [0.717, 1.165) is 35.6 Å². The van der Waals surface area contributed by atoms with Gasteiger partial charge in [-0.05, 0) is 44.2 Å². The van der Waals surface area contributed by atoms with Gasteiger partial charge in [0.1, 0.15) is 16.3 Å². The molecule has 0 atom stereocenters. The maximum Gasteiger partial charge on any atom is 0.573 e. The van der Waals surface area contributed by atoms with Gasteiger partial charge in [0.25, 0.3) is 0 Å². The lowest BCUT2D eigenvalue weighted by Gasteiger charge is -2.20. The second-order valence-corrected chi connectivity index (χ2v) is 8.21. The zero-order chi connectivity index (χ0) is 22.7. The van der Waals surface area contributed by atoms with Gasteiger partial charge in [0.15, 0.2) is 5.78 Å². The van der Waals surface area contributed by atoms with Crippen LogP contribution in [0.3, 0.4) is 0 Å². The van der Waals surface area contributed by atoms with Crippen molar-refractivity contribution in [1.29, 1.82) is 0 Å².